The summed E-state index contributed by atoms with van der Waals surface area (Å²) in [6, 6.07) is -0.172. The molecule has 19 heavy (non-hydrogen) atoms. The van der Waals surface area contributed by atoms with Gasteiger partial charge in [-0.3, -0.25) is 4.79 Å². The van der Waals surface area contributed by atoms with E-state index in [-0.39, 0.29) is 11.9 Å². The summed E-state index contributed by atoms with van der Waals surface area (Å²) >= 11 is 0. The summed E-state index contributed by atoms with van der Waals surface area (Å²) < 4.78 is 10.7. The van der Waals surface area contributed by atoms with Crippen molar-refractivity contribution < 1.29 is 14.3 Å². The highest BCUT2D eigenvalue weighted by molar-refractivity contribution is 5.81. The number of hydrogen-bond donors (Lipinski definition) is 2. The second-order valence-corrected chi connectivity index (χ2v) is 5.09. The molecule has 5 heteroatoms. The van der Waals surface area contributed by atoms with Crippen molar-refractivity contribution in [3.63, 3.8) is 0 Å². The molecule has 1 unspecified atom stereocenters. The molecule has 0 heterocycles. The lowest BCUT2D eigenvalue weighted by molar-refractivity contribution is -0.122. The third-order valence-corrected chi connectivity index (χ3v) is 3.43. The van der Waals surface area contributed by atoms with Gasteiger partial charge in [-0.05, 0) is 26.2 Å². The molecule has 0 bridgehead atoms. The Morgan fingerprint density at radius 2 is 2.00 bits per heavy atom. The zero-order valence-electron chi connectivity index (χ0n) is 12.2. The maximum atomic E-state index is 11.7. The minimum Gasteiger partial charge on any atom is -0.385 e. The van der Waals surface area contributed by atoms with Crippen LogP contribution >= 0.6 is 0 Å². The maximum Gasteiger partial charge on any atom is 0.236 e. The Kier molecular flexibility index (Phi) is 8.79. The minimum absolute atomic E-state index is 0.0389. The van der Waals surface area contributed by atoms with E-state index in [1.165, 1.54) is 25.7 Å². The molecule has 0 radical (unpaired) electrons. The van der Waals surface area contributed by atoms with E-state index in [1.807, 2.05) is 6.92 Å². The summed E-state index contributed by atoms with van der Waals surface area (Å²) in [6.45, 7) is 4.63. The molecule has 1 amide bonds. The van der Waals surface area contributed by atoms with Crippen LogP contribution in [0.15, 0.2) is 0 Å². The first-order valence-electron chi connectivity index (χ1n) is 7.35. The Labute approximate surface area is 116 Å². The van der Waals surface area contributed by atoms with Gasteiger partial charge >= 0.3 is 0 Å². The molecule has 112 valence electrons. The number of rotatable bonds is 10. The normalized spacial score (nSPS) is 17.6. The van der Waals surface area contributed by atoms with Crippen molar-refractivity contribution in [3.05, 3.63) is 0 Å². The molecule has 1 fully saturated rings. The van der Waals surface area contributed by atoms with Gasteiger partial charge in [-0.15, -0.1) is 0 Å². The van der Waals surface area contributed by atoms with Gasteiger partial charge < -0.3 is 20.1 Å². The van der Waals surface area contributed by atoms with Gasteiger partial charge in [0.15, 0.2) is 0 Å². The average Bonchev–Trinajstić information content (AvgIpc) is 2.92. The second kappa shape index (κ2) is 10.2. The number of methoxy groups -OCH3 is 1. The fraction of sp³-hybridized carbons (Fsp3) is 0.929. The molecule has 0 aromatic carbocycles. The standard InChI is InChI=1S/C14H28N2O3/c1-12(14(17)16-8-5-10-18-2)15-9-11-19-13-6-3-4-7-13/h12-13,15H,3-11H2,1-2H3,(H,16,17). The van der Waals surface area contributed by atoms with Crippen molar-refractivity contribution in [1.29, 1.82) is 0 Å². The SMILES string of the molecule is COCCCNC(=O)C(C)NCCOC1CCCC1. The van der Waals surface area contributed by atoms with Gasteiger partial charge in [0.2, 0.25) is 5.91 Å². The lowest BCUT2D eigenvalue weighted by Crippen LogP contribution is -2.43. The highest BCUT2D eigenvalue weighted by Crippen LogP contribution is 2.20. The van der Waals surface area contributed by atoms with Crippen LogP contribution in [0.2, 0.25) is 0 Å². The van der Waals surface area contributed by atoms with Gasteiger partial charge in [0, 0.05) is 26.8 Å². The van der Waals surface area contributed by atoms with Gasteiger partial charge in [0.1, 0.15) is 0 Å². The monoisotopic (exact) mass is 272 g/mol. The topological polar surface area (TPSA) is 59.6 Å². The van der Waals surface area contributed by atoms with E-state index >= 15 is 0 Å². The summed E-state index contributed by atoms with van der Waals surface area (Å²) in [5.74, 6) is 0.0389. The summed E-state index contributed by atoms with van der Waals surface area (Å²) in [5, 5.41) is 6.06. The third-order valence-electron chi connectivity index (χ3n) is 3.43. The van der Waals surface area contributed by atoms with Crippen LogP contribution in [-0.2, 0) is 14.3 Å². The molecule has 1 saturated carbocycles. The average molecular weight is 272 g/mol. The fourth-order valence-electron chi connectivity index (χ4n) is 2.23. The Bertz CT molecular complexity index is 243. The predicted octanol–water partition coefficient (Wildman–Crippen LogP) is 1.08. The van der Waals surface area contributed by atoms with Crippen molar-refractivity contribution in [2.24, 2.45) is 0 Å². The van der Waals surface area contributed by atoms with Crippen LogP contribution in [-0.4, -0.2) is 51.5 Å². The van der Waals surface area contributed by atoms with Gasteiger partial charge in [0.05, 0.1) is 18.8 Å². The Hall–Kier alpha value is -0.650. The molecule has 5 nitrogen and oxygen atoms in total. The van der Waals surface area contributed by atoms with Crippen LogP contribution in [0.4, 0.5) is 0 Å². The molecule has 0 aromatic heterocycles. The minimum atomic E-state index is -0.172. The summed E-state index contributed by atoms with van der Waals surface area (Å²) in [5.41, 5.74) is 0. The molecule has 0 aliphatic heterocycles. The fourth-order valence-corrected chi connectivity index (χ4v) is 2.23. The van der Waals surface area contributed by atoms with E-state index in [9.17, 15) is 4.79 Å². The first-order chi connectivity index (χ1) is 9.24. The predicted molar refractivity (Wildman–Crippen MR) is 75.2 cm³/mol. The molecule has 1 aliphatic carbocycles. The molecule has 0 saturated heterocycles. The highest BCUT2D eigenvalue weighted by atomic mass is 16.5. The Morgan fingerprint density at radius 1 is 1.26 bits per heavy atom. The van der Waals surface area contributed by atoms with Gasteiger partial charge in [-0.25, -0.2) is 0 Å². The molecule has 0 aromatic rings. The Morgan fingerprint density at radius 3 is 2.68 bits per heavy atom. The largest absolute Gasteiger partial charge is 0.385 e. The molecule has 1 rings (SSSR count). The summed E-state index contributed by atoms with van der Waals surface area (Å²) in [4.78, 5) is 11.7. The van der Waals surface area contributed by atoms with E-state index in [0.717, 1.165) is 13.0 Å². The van der Waals surface area contributed by atoms with Crippen molar-refractivity contribution >= 4 is 5.91 Å². The molecule has 1 atom stereocenters. The molecule has 1 aliphatic rings. The number of carbonyl (C=O) groups is 1. The van der Waals surface area contributed by atoms with Crippen molar-refractivity contribution in [1.82, 2.24) is 10.6 Å². The van der Waals surface area contributed by atoms with E-state index < -0.39 is 0 Å². The van der Waals surface area contributed by atoms with Crippen molar-refractivity contribution in [2.75, 3.05) is 33.4 Å². The summed E-state index contributed by atoms with van der Waals surface area (Å²) in [6.07, 6.45) is 6.25. The van der Waals surface area contributed by atoms with E-state index in [4.69, 9.17) is 9.47 Å². The number of hydrogen-bond acceptors (Lipinski definition) is 4. The first-order valence-corrected chi connectivity index (χ1v) is 7.35. The lowest BCUT2D eigenvalue weighted by atomic mass is 10.3. The van der Waals surface area contributed by atoms with Crippen LogP contribution in [0.25, 0.3) is 0 Å². The molecular formula is C14H28N2O3. The lowest BCUT2D eigenvalue weighted by Gasteiger charge is -2.15. The quantitative estimate of drug-likeness (QED) is 0.584. The van der Waals surface area contributed by atoms with E-state index in [0.29, 0.717) is 25.9 Å². The third kappa shape index (κ3) is 7.50. The van der Waals surface area contributed by atoms with Gasteiger partial charge in [0.25, 0.3) is 0 Å². The zero-order valence-corrected chi connectivity index (χ0v) is 12.2. The first kappa shape index (κ1) is 16.4. The number of carbonyl (C=O) groups excluding carboxylic acids is 1. The van der Waals surface area contributed by atoms with Gasteiger partial charge in [-0.1, -0.05) is 12.8 Å². The molecular weight excluding hydrogens is 244 g/mol. The van der Waals surface area contributed by atoms with Crippen molar-refractivity contribution in [2.45, 2.75) is 51.2 Å². The van der Waals surface area contributed by atoms with Crippen LogP contribution in [0.5, 0.6) is 0 Å². The van der Waals surface area contributed by atoms with Crippen LogP contribution < -0.4 is 10.6 Å². The molecule has 2 N–H and O–H groups in total. The van der Waals surface area contributed by atoms with E-state index in [1.54, 1.807) is 7.11 Å². The zero-order chi connectivity index (χ0) is 13.9. The second-order valence-electron chi connectivity index (χ2n) is 5.09. The maximum absolute atomic E-state index is 11.7. The van der Waals surface area contributed by atoms with Crippen LogP contribution in [0, 0.1) is 0 Å². The Balaban J connectivity index is 1.96. The van der Waals surface area contributed by atoms with Crippen LogP contribution in [0.3, 0.4) is 0 Å². The smallest absolute Gasteiger partial charge is 0.236 e. The molecule has 0 spiro atoms. The van der Waals surface area contributed by atoms with Crippen molar-refractivity contribution in [3.8, 4) is 0 Å². The van der Waals surface area contributed by atoms with Gasteiger partial charge in [-0.2, -0.15) is 0 Å². The summed E-state index contributed by atoms with van der Waals surface area (Å²) in [7, 11) is 1.66. The number of ether oxygens (including phenoxy) is 2. The highest BCUT2D eigenvalue weighted by Gasteiger charge is 2.15. The van der Waals surface area contributed by atoms with E-state index in [2.05, 4.69) is 10.6 Å². The number of amides is 1. The van der Waals surface area contributed by atoms with Crippen LogP contribution in [0.1, 0.15) is 39.0 Å². The number of nitrogens with one attached hydrogen (secondary N) is 2.